The van der Waals surface area contributed by atoms with Crippen LogP contribution < -0.4 is 21.3 Å². The minimum Gasteiger partial charge on any atom is -0.444 e. The van der Waals surface area contributed by atoms with Gasteiger partial charge in [0.1, 0.15) is 46.8 Å². The van der Waals surface area contributed by atoms with Gasteiger partial charge in [-0.15, -0.1) is 10.2 Å². The van der Waals surface area contributed by atoms with E-state index in [9.17, 15) is 28.8 Å². The van der Waals surface area contributed by atoms with Gasteiger partial charge in [0, 0.05) is 12.1 Å². The zero-order chi connectivity index (χ0) is 55.6. The molecule has 0 saturated carbocycles. The van der Waals surface area contributed by atoms with Crippen molar-refractivity contribution < 1.29 is 43.0 Å². The third kappa shape index (κ3) is 13.1. The van der Waals surface area contributed by atoms with Crippen LogP contribution in [0.15, 0.2) is 60.9 Å². The van der Waals surface area contributed by atoms with Crippen LogP contribution in [0, 0.1) is 0 Å². The molecule has 2 aromatic heterocycles. The summed E-state index contributed by atoms with van der Waals surface area (Å²) in [6.45, 7) is 10.9. The maximum Gasteiger partial charge on any atom is 0.408 e. The highest BCUT2D eigenvalue weighted by Gasteiger charge is 2.48. The first kappa shape index (κ1) is 55.4. The zero-order valence-corrected chi connectivity index (χ0v) is 46.5. The lowest BCUT2D eigenvalue weighted by Crippen LogP contribution is -2.57. The predicted octanol–water partition coefficient (Wildman–Crippen LogP) is 6.93. The number of rotatable bonds is 12. The number of aromatic nitrogens is 6. The molecule has 10 atom stereocenters. The molecule has 6 heterocycles. The van der Waals surface area contributed by atoms with Gasteiger partial charge in [-0.05, 0) is 167 Å². The van der Waals surface area contributed by atoms with Crippen LogP contribution in [0.1, 0.15) is 189 Å². The van der Waals surface area contributed by atoms with E-state index >= 15 is 0 Å². The van der Waals surface area contributed by atoms with Gasteiger partial charge in [0.2, 0.25) is 23.6 Å². The highest BCUT2D eigenvalue weighted by molar-refractivity contribution is 5.93. The predicted molar refractivity (Wildman–Crippen MR) is 288 cm³/mol. The Hall–Kier alpha value is -6.90. The van der Waals surface area contributed by atoms with Crippen molar-refractivity contribution in [1.82, 2.24) is 61.1 Å². The summed E-state index contributed by atoms with van der Waals surface area (Å²) in [4.78, 5) is 87.3. The SMILES string of the molecule is CC(C)(C)OC(=O)N[C@H]1CC[C@H](n2cc(COCc3cn([C@H]4CC[C@H](NC(=O)OC(C)(C)C)C(=O)N5[C@H](CC[C@H]5C(=O)N[C@@H]5CCCc6ccccc65)C4)nn3)nn2)C[C@H]2CC[C@@H](C(=O)N[C@@H]3CCCc4ccccc43)N2C1=O. The maximum atomic E-state index is 14.5. The first-order chi connectivity index (χ1) is 37.8. The van der Waals surface area contributed by atoms with Gasteiger partial charge in [0.15, 0.2) is 0 Å². The van der Waals surface area contributed by atoms with E-state index in [0.717, 1.165) is 49.7 Å². The summed E-state index contributed by atoms with van der Waals surface area (Å²) in [5, 5.41) is 30.3. The normalized spacial score (nSPS) is 27.2. The molecule has 4 fully saturated rings. The molecule has 4 saturated heterocycles. The molecule has 4 N–H and O–H groups in total. The number of alkyl carbamates (subject to hydrolysis) is 2. The molecule has 0 radical (unpaired) electrons. The van der Waals surface area contributed by atoms with Crippen LogP contribution in [0.2, 0.25) is 0 Å². The number of aryl methyl sites for hydroxylation is 2. The monoisotopic (exact) mass is 1090 g/mol. The summed E-state index contributed by atoms with van der Waals surface area (Å²) in [5.74, 6) is -0.963. The molecule has 10 rings (SSSR count). The highest BCUT2D eigenvalue weighted by Crippen LogP contribution is 2.39. The minimum atomic E-state index is -0.922. The second-order valence-electron chi connectivity index (χ2n) is 24.5. The van der Waals surface area contributed by atoms with Crippen LogP contribution >= 0.6 is 0 Å². The minimum absolute atomic E-state index is 0.124. The molecule has 0 unspecified atom stereocenters. The number of hydrogen-bond donors (Lipinski definition) is 4. The maximum absolute atomic E-state index is 14.5. The molecule has 0 bridgehead atoms. The quantitative estimate of drug-likeness (QED) is 0.113. The first-order valence-electron chi connectivity index (χ1n) is 28.6. The third-order valence-corrected chi connectivity index (χ3v) is 16.5. The first-order valence-corrected chi connectivity index (χ1v) is 28.6. The fraction of sp³-hybridized carbons (Fsp3) is 0.621. The van der Waals surface area contributed by atoms with Crippen molar-refractivity contribution in [2.24, 2.45) is 0 Å². The van der Waals surface area contributed by atoms with E-state index in [1.807, 2.05) is 36.7 Å². The Morgan fingerprint density at radius 1 is 0.519 bits per heavy atom. The Morgan fingerprint density at radius 3 is 1.34 bits per heavy atom. The molecule has 21 nitrogen and oxygen atoms in total. The lowest BCUT2D eigenvalue weighted by molar-refractivity contribution is -0.143. The molecule has 424 valence electrons. The summed E-state index contributed by atoms with van der Waals surface area (Å²) < 4.78 is 21.0. The van der Waals surface area contributed by atoms with Gasteiger partial charge in [-0.2, -0.15) is 0 Å². The molecule has 4 aromatic rings. The van der Waals surface area contributed by atoms with E-state index in [2.05, 4.69) is 66.2 Å². The van der Waals surface area contributed by atoms with Crippen molar-refractivity contribution in [3.63, 3.8) is 0 Å². The molecule has 6 amide bonds. The number of nitrogens with zero attached hydrogens (tertiary/aromatic N) is 8. The van der Waals surface area contributed by atoms with E-state index in [1.54, 1.807) is 60.7 Å². The third-order valence-electron chi connectivity index (χ3n) is 16.5. The van der Waals surface area contributed by atoms with Crippen LogP contribution in [0.25, 0.3) is 0 Å². The number of amides is 6. The number of ether oxygens (including phenoxy) is 3. The fourth-order valence-electron chi connectivity index (χ4n) is 13.0. The number of carbonyl (C=O) groups is 6. The second-order valence-corrected chi connectivity index (χ2v) is 24.5. The molecule has 0 spiro atoms. The second kappa shape index (κ2) is 23.4. The van der Waals surface area contributed by atoms with Crippen LogP contribution in [0.5, 0.6) is 0 Å². The molecule has 79 heavy (non-hydrogen) atoms. The smallest absolute Gasteiger partial charge is 0.408 e. The fourth-order valence-corrected chi connectivity index (χ4v) is 13.0. The van der Waals surface area contributed by atoms with Gasteiger partial charge >= 0.3 is 12.2 Å². The van der Waals surface area contributed by atoms with E-state index in [0.29, 0.717) is 75.6 Å². The molecule has 4 aliphatic heterocycles. The van der Waals surface area contributed by atoms with Crippen molar-refractivity contribution in [1.29, 1.82) is 0 Å². The summed E-state index contributed by atoms with van der Waals surface area (Å²) in [7, 11) is 0. The van der Waals surface area contributed by atoms with Crippen LogP contribution in [-0.2, 0) is 59.4 Å². The molecular formula is C58H78N12O9. The Bertz CT molecular complexity index is 2680. The molecular weight excluding hydrogens is 1010 g/mol. The average molecular weight is 1090 g/mol. The lowest BCUT2D eigenvalue weighted by atomic mass is 9.87. The van der Waals surface area contributed by atoms with Crippen molar-refractivity contribution in [3.05, 3.63) is 94.6 Å². The zero-order valence-electron chi connectivity index (χ0n) is 46.5. The Morgan fingerprint density at radius 2 is 0.924 bits per heavy atom. The number of hydrogen-bond acceptors (Lipinski definition) is 13. The Kier molecular flexibility index (Phi) is 16.4. The topological polar surface area (TPSA) is 246 Å². The molecule has 2 aliphatic carbocycles. The summed E-state index contributed by atoms with van der Waals surface area (Å²) in [5.41, 5.74) is 4.31. The van der Waals surface area contributed by atoms with Crippen molar-refractivity contribution in [2.75, 3.05) is 0 Å². The Labute approximate surface area is 462 Å². The van der Waals surface area contributed by atoms with E-state index in [-0.39, 0.29) is 73.1 Å². The summed E-state index contributed by atoms with van der Waals surface area (Å²) >= 11 is 0. The van der Waals surface area contributed by atoms with Crippen LogP contribution in [0.4, 0.5) is 9.59 Å². The van der Waals surface area contributed by atoms with E-state index in [4.69, 9.17) is 14.2 Å². The average Bonchev–Trinajstić information content (AvgIpc) is 4.45. The van der Waals surface area contributed by atoms with Gasteiger partial charge in [0.05, 0.1) is 49.8 Å². The summed E-state index contributed by atoms with van der Waals surface area (Å²) in [6.07, 6.45) is 12.7. The summed E-state index contributed by atoms with van der Waals surface area (Å²) in [6, 6.07) is 11.9. The van der Waals surface area contributed by atoms with Gasteiger partial charge < -0.3 is 45.3 Å². The number of carbonyl (C=O) groups excluding carboxylic acids is 6. The number of nitrogens with one attached hydrogen (secondary N) is 4. The highest BCUT2D eigenvalue weighted by atomic mass is 16.6. The van der Waals surface area contributed by atoms with Gasteiger partial charge in [-0.25, -0.2) is 19.0 Å². The van der Waals surface area contributed by atoms with Gasteiger partial charge in [0.25, 0.3) is 0 Å². The Balaban J connectivity index is 0.792. The van der Waals surface area contributed by atoms with Crippen molar-refractivity contribution in [3.8, 4) is 0 Å². The number of benzene rings is 2. The molecule has 6 aliphatic rings. The van der Waals surface area contributed by atoms with Crippen molar-refractivity contribution >= 4 is 35.8 Å². The van der Waals surface area contributed by atoms with Crippen LogP contribution in [0.3, 0.4) is 0 Å². The molecule has 2 aromatic carbocycles. The van der Waals surface area contributed by atoms with Gasteiger partial charge in [-0.3, -0.25) is 19.2 Å². The standard InChI is InChI=1S/C58H78N12O9/c1-57(2,3)78-55(75)61-47-25-21-39(29-41-23-27-49(69(41)53(47)73)51(71)59-45-19-11-15-35-13-7-9-17-43(35)45)67-31-37(63-65-67)33-77-34-38-32-68(66-64-38)40-22-26-48(62-56(76)79-58(4,5)6)54(74)70-42(30-40)24-28-50(70)52(72)60-46-20-12-16-36-14-8-10-18-44(36)46/h7-10,13-14,17-18,31-32,39-42,45-50H,11-12,15-16,19-30,33-34H2,1-6H3,(H,59,71)(H,60,72)(H,61,75)(H,62,76)/t39-,40-,41+,42+,45+,46+,47-,48-,49-,50-/m0/s1. The van der Waals surface area contributed by atoms with Gasteiger partial charge in [-0.1, -0.05) is 59.0 Å². The van der Waals surface area contributed by atoms with Crippen molar-refractivity contribution in [2.45, 2.75) is 229 Å². The molecule has 21 heteroatoms. The van der Waals surface area contributed by atoms with E-state index in [1.165, 1.54) is 11.1 Å². The largest absolute Gasteiger partial charge is 0.444 e. The number of fused-ring (bicyclic) bond motifs is 4. The lowest BCUT2D eigenvalue weighted by Gasteiger charge is -2.38. The van der Waals surface area contributed by atoms with E-state index < -0.39 is 47.6 Å². The van der Waals surface area contributed by atoms with Crippen LogP contribution in [-0.4, -0.2) is 123 Å².